The van der Waals surface area contributed by atoms with Crippen LogP contribution < -0.4 is 0 Å². The van der Waals surface area contributed by atoms with Crippen molar-refractivity contribution in [2.45, 2.75) is 44.1 Å². The SMILES string of the molecule is OC(C=C=C1CCCC[C@@H]1O)c1ccc(C(F)(F)F)cc1. The molecule has 0 aliphatic heterocycles. The molecule has 21 heavy (non-hydrogen) atoms. The molecule has 2 N–H and O–H groups in total. The van der Waals surface area contributed by atoms with Crippen LogP contribution in [0.5, 0.6) is 0 Å². The molecule has 2 nitrogen and oxygen atoms in total. The zero-order chi connectivity index (χ0) is 15.5. The number of hydrogen-bond acceptors (Lipinski definition) is 2. The first-order chi connectivity index (χ1) is 9.88. The van der Waals surface area contributed by atoms with E-state index in [9.17, 15) is 23.4 Å². The monoisotopic (exact) mass is 298 g/mol. The molecule has 2 atom stereocenters. The first kappa shape index (κ1) is 15.8. The third-order valence-corrected chi connectivity index (χ3v) is 3.58. The fourth-order valence-corrected chi connectivity index (χ4v) is 2.31. The molecule has 0 bridgehead atoms. The molecule has 0 heterocycles. The second-order valence-electron chi connectivity index (χ2n) is 5.16. The molecule has 1 aliphatic rings. The molecule has 1 saturated carbocycles. The van der Waals surface area contributed by atoms with Crippen LogP contribution in [0.3, 0.4) is 0 Å². The highest BCUT2D eigenvalue weighted by atomic mass is 19.4. The largest absolute Gasteiger partial charge is 0.416 e. The Morgan fingerprint density at radius 1 is 1.19 bits per heavy atom. The molecule has 5 heteroatoms. The van der Waals surface area contributed by atoms with Crippen LogP contribution >= 0.6 is 0 Å². The molecule has 1 aliphatic carbocycles. The van der Waals surface area contributed by atoms with E-state index in [-0.39, 0.29) is 0 Å². The summed E-state index contributed by atoms with van der Waals surface area (Å²) in [6.45, 7) is 0. The Morgan fingerprint density at radius 3 is 2.43 bits per heavy atom. The van der Waals surface area contributed by atoms with Gasteiger partial charge in [-0.3, -0.25) is 0 Å². The molecule has 2 rings (SSSR count). The molecule has 1 aromatic carbocycles. The quantitative estimate of drug-likeness (QED) is 0.816. The molecule has 0 amide bonds. The van der Waals surface area contributed by atoms with E-state index in [1.165, 1.54) is 18.2 Å². The predicted molar refractivity (Wildman–Crippen MR) is 72.5 cm³/mol. The van der Waals surface area contributed by atoms with E-state index in [2.05, 4.69) is 5.73 Å². The highest BCUT2D eigenvalue weighted by molar-refractivity contribution is 5.28. The maximum Gasteiger partial charge on any atom is 0.416 e. The molecule has 114 valence electrons. The summed E-state index contributed by atoms with van der Waals surface area (Å²) in [5, 5.41) is 19.7. The maximum absolute atomic E-state index is 12.4. The summed E-state index contributed by atoms with van der Waals surface area (Å²) in [7, 11) is 0. The van der Waals surface area contributed by atoms with Crippen LogP contribution in [0.2, 0.25) is 0 Å². The smallest absolute Gasteiger partial charge is 0.388 e. The summed E-state index contributed by atoms with van der Waals surface area (Å²) in [6, 6.07) is 4.37. The number of halogens is 3. The fraction of sp³-hybridized carbons (Fsp3) is 0.438. The van der Waals surface area contributed by atoms with Gasteiger partial charge in [-0.05, 0) is 48.6 Å². The van der Waals surface area contributed by atoms with Crippen molar-refractivity contribution in [1.29, 1.82) is 0 Å². The molecule has 1 unspecified atom stereocenters. The lowest BCUT2D eigenvalue weighted by molar-refractivity contribution is -0.137. The summed E-state index contributed by atoms with van der Waals surface area (Å²) >= 11 is 0. The lowest BCUT2D eigenvalue weighted by Gasteiger charge is -2.18. The van der Waals surface area contributed by atoms with Crippen molar-refractivity contribution in [3.05, 3.63) is 52.8 Å². The van der Waals surface area contributed by atoms with Gasteiger partial charge < -0.3 is 10.2 Å². The molecular formula is C16H17F3O2. The standard InChI is InChI=1S/C16H17F3O2/c17-16(18,19)13-8-5-12(6-9-13)15(21)10-7-11-3-1-2-4-14(11)20/h5-6,8-10,14-15,20-21H,1-4H2/t7?,14-,15?/m0/s1. The van der Waals surface area contributed by atoms with Crippen LogP contribution in [-0.4, -0.2) is 16.3 Å². The summed E-state index contributed by atoms with van der Waals surface area (Å²) in [5.41, 5.74) is 3.24. The Balaban J connectivity index is 2.13. The zero-order valence-electron chi connectivity index (χ0n) is 11.4. The van der Waals surface area contributed by atoms with Crippen LogP contribution in [0.15, 0.2) is 41.6 Å². The number of aliphatic hydroxyl groups excluding tert-OH is 2. The number of hydrogen-bond donors (Lipinski definition) is 2. The van der Waals surface area contributed by atoms with Gasteiger partial charge in [-0.2, -0.15) is 13.2 Å². The molecule has 0 spiro atoms. The average molecular weight is 298 g/mol. The van der Waals surface area contributed by atoms with Crippen LogP contribution in [0, 0.1) is 0 Å². The lowest BCUT2D eigenvalue weighted by atomic mass is 9.92. The minimum Gasteiger partial charge on any atom is -0.388 e. The van der Waals surface area contributed by atoms with Crippen molar-refractivity contribution in [2.24, 2.45) is 0 Å². The van der Waals surface area contributed by atoms with Gasteiger partial charge in [-0.25, -0.2) is 0 Å². The van der Waals surface area contributed by atoms with Gasteiger partial charge in [0.2, 0.25) is 0 Å². The van der Waals surface area contributed by atoms with Gasteiger partial charge in [0, 0.05) is 0 Å². The highest BCUT2D eigenvalue weighted by Crippen LogP contribution is 2.30. The number of alkyl halides is 3. The summed E-state index contributed by atoms with van der Waals surface area (Å²) in [4.78, 5) is 0. The van der Waals surface area contributed by atoms with Crippen molar-refractivity contribution in [1.82, 2.24) is 0 Å². The normalized spacial score (nSPS) is 20.8. The summed E-state index contributed by atoms with van der Waals surface area (Å²) < 4.78 is 37.3. The van der Waals surface area contributed by atoms with Gasteiger partial charge in [0.25, 0.3) is 0 Å². The summed E-state index contributed by atoms with van der Waals surface area (Å²) in [5.74, 6) is 0. The second-order valence-corrected chi connectivity index (χ2v) is 5.16. The molecule has 1 fully saturated rings. The number of aliphatic hydroxyl groups is 2. The predicted octanol–water partition coefficient (Wildman–Crippen LogP) is 3.76. The van der Waals surface area contributed by atoms with Gasteiger partial charge in [-0.1, -0.05) is 18.6 Å². The highest BCUT2D eigenvalue weighted by Gasteiger charge is 2.30. The Labute approximate surface area is 121 Å². The topological polar surface area (TPSA) is 40.5 Å². The van der Waals surface area contributed by atoms with Gasteiger partial charge in [-0.15, -0.1) is 5.73 Å². The molecule has 0 radical (unpaired) electrons. The molecule has 0 aromatic heterocycles. The molecule has 0 saturated heterocycles. The Kier molecular flexibility index (Phi) is 4.88. The molecular weight excluding hydrogens is 281 g/mol. The maximum atomic E-state index is 12.4. The third-order valence-electron chi connectivity index (χ3n) is 3.58. The van der Waals surface area contributed by atoms with E-state index < -0.39 is 23.9 Å². The third kappa shape index (κ3) is 4.21. The van der Waals surface area contributed by atoms with Crippen LogP contribution in [0.1, 0.15) is 42.9 Å². The second kappa shape index (κ2) is 6.48. The number of benzene rings is 1. The molecule has 1 aromatic rings. The fourth-order valence-electron chi connectivity index (χ4n) is 2.31. The first-order valence-corrected chi connectivity index (χ1v) is 6.87. The van der Waals surface area contributed by atoms with E-state index in [0.29, 0.717) is 12.0 Å². The first-order valence-electron chi connectivity index (χ1n) is 6.87. The van der Waals surface area contributed by atoms with E-state index in [1.54, 1.807) is 0 Å². The average Bonchev–Trinajstić information content (AvgIpc) is 2.45. The van der Waals surface area contributed by atoms with E-state index in [4.69, 9.17) is 0 Å². The van der Waals surface area contributed by atoms with Gasteiger partial charge in [0.15, 0.2) is 0 Å². The Morgan fingerprint density at radius 2 is 1.86 bits per heavy atom. The van der Waals surface area contributed by atoms with Crippen LogP contribution in [0.4, 0.5) is 13.2 Å². The van der Waals surface area contributed by atoms with Crippen molar-refractivity contribution in [2.75, 3.05) is 0 Å². The summed E-state index contributed by atoms with van der Waals surface area (Å²) in [6.07, 6.45) is -1.20. The number of rotatable bonds is 2. The van der Waals surface area contributed by atoms with Crippen LogP contribution in [-0.2, 0) is 6.18 Å². The van der Waals surface area contributed by atoms with Gasteiger partial charge in [0.1, 0.15) is 6.10 Å². The lowest BCUT2D eigenvalue weighted by Crippen LogP contribution is -2.14. The van der Waals surface area contributed by atoms with Gasteiger partial charge in [0.05, 0.1) is 11.7 Å². The Bertz CT molecular complexity index is 540. The van der Waals surface area contributed by atoms with E-state index in [0.717, 1.165) is 37.0 Å². The van der Waals surface area contributed by atoms with Gasteiger partial charge >= 0.3 is 6.18 Å². The van der Waals surface area contributed by atoms with E-state index in [1.807, 2.05) is 0 Å². The van der Waals surface area contributed by atoms with Crippen molar-refractivity contribution in [3.63, 3.8) is 0 Å². The Hall–Kier alpha value is -1.55. The van der Waals surface area contributed by atoms with Crippen molar-refractivity contribution in [3.8, 4) is 0 Å². The van der Waals surface area contributed by atoms with Crippen LogP contribution in [0.25, 0.3) is 0 Å². The van der Waals surface area contributed by atoms with Crippen molar-refractivity contribution < 1.29 is 23.4 Å². The van der Waals surface area contributed by atoms with Crippen molar-refractivity contribution >= 4 is 0 Å². The zero-order valence-corrected chi connectivity index (χ0v) is 11.4. The minimum absolute atomic E-state index is 0.362. The van der Waals surface area contributed by atoms with E-state index >= 15 is 0 Å². The minimum atomic E-state index is -4.38.